The van der Waals surface area contributed by atoms with Crippen LogP contribution in [0.4, 0.5) is 0 Å². The van der Waals surface area contributed by atoms with Crippen LogP contribution in [0.3, 0.4) is 0 Å². The SMILES string of the molecule is O=C([O-])C1=[N+]([O-])O[C@@H](C(=O)[O-])[C@H]1c1c[nH]c2ccccc12. The molecule has 21 heavy (non-hydrogen) atoms. The average molecular weight is 288 g/mol. The highest BCUT2D eigenvalue weighted by molar-refractivity contribution is 6.35. The van der Waals surface area contributed by atoms with Crippen LogP contribution >= 0.6 is 0 Å². The van der Waals surface area contributed by atoms with E-state index >= 15 is 0 Å². The fourth-order valence-corrected chi connectivity index (χ4v) is 2.52. The quantitative estimate of drug-likeness (QED) is 0.651. The number of nitrogens with one attached hydrogen (secondary N) is 1. The lowest BCUT2D eigenvalue weighted by Gasteiger charge is -2.19. The Hall–Kier alpha value is -3.03. The molecule has 8 heteroatoms. The van der Waals surface area contributed by atoms with Gasteiger partial charge in [-0.3, -0.25) is 5.21 Å². The van der Waals surface area contributed by atoms with E-state index in [1.807, 2.05) is 0 Å². The number of carbonyl (C=O) groups is 2. The highest BCUT2D eigenvalue weighted by Gasteiger charge is 2.43. The lowest BCUT2D eigenvalue weighted by Crippen LogP contribution is -2.43. The van der Waals surface area contributed by atoms with E-state index in [0.29, 0.717) is 16.5 Å². The third kappa shape index (κ3) is 1.88. The molecule has 0 unspecified atom stereocenters. The van der Waals surface area contributed by atoms with Crippen molar-refractivity contribution in [1.29, 1.82) is 0 Å². The van der Waals surface area contributed by atoms with Gasteiger partial charge in [0.05, 0.1) is 5.97 Å². The van der Waals surface area contributed by atoms with Crippen LogP contribution in [-0.2, 0) is 14.4 Å². The summed E-state index contributed by atoms with van der Waals surface area (Å²) in [4.78, 5) is 29.3. The van der Waals surface area contributed by atoms with E-state index in [-0.39, 0.29) is 4.90 Å². The topological polar surface area (TPSA) is 131 Å². The van der Waals surface area contributed by atoms with Crippen LogP contribution in [0.15, 0.2) is 30.5 Å². The summed E-state index contributed by atoms with van der Waals surface area (Å²) in [6.07, 6.45) is -0.286. The lowest BCUT2D eigenvalue weighted by atomic mass is 9.89. The number of hydrogen-bond donors (Lipinski definition) is 1. The first-order valence-corrected chi connectivity index (χ1v) is 6.00. The Bertz CT molecular complexity index is 778. The number of hydrogen-bond acceptors (Lipinski definition) is 6. The second kappa shape index (κ2) is 4.51. The minimum atomic E-state index is -1.79. The molecule has 0 bridgehead atoms. The van der Waals surface area contributed by atoms with Crippen LogP contribution in [0.1, 0.15) is 11.5 Å². The molecule has 0 amide bonds. The van der Waals surface area contributed by atoms with Crippen molar-refractivity contribution in [3.63, 3.8) is 0 Å². The fourth-order valence-electron chi connectivity index (χ4n) is 2.52. The maximum Gasteiger partial charge on any atom is 0.276 e. The van der Waals surface area contributed by atoms with E-state index in [4.69, 9.17) is 0 Å². The second-order valence-corrected chi connectivity index (χ2v) is 4.54. The van der Waals surface area contributed by atoms with Gasteiger partial charge in [-0.15, -0.1) is 0 Å². The number of para-hydroxylation sites is 1. The van der Waals surface area contributed by atoms with E-state index in [1.165, 1.54) is 6.20 Å². The Balaban J connectivity index is 2.20. The fraction of sp³-hybridized carbons (Fsp3) is 0.154. The zero-order valence-electron chi connectivity index (χ0n) is 10.4. The number of aliphatic carboxylic acids is 2. The Morgan fingerprint density at radius 2 is 1.95 bits per heavy atom. The Kier molecular flexibility index (Phi) is 2.79. The Labute approximate surface area is 117 Å². The highest BCUT2D eigenvalue weighted by atomic mass is 16.9. The van der Waals surface area contributed by atoms with Gasteiger partial charge in [0.2, 0.25) is 0 Å². The highest BCUT2D eigenvalue weighted by Crippen LogP contribution is 2.33. The van der Waals surface area contributed by atoms with Gasteiger partial charge >= 0.3 is 0 Å². The van der Waals surface area contributed by atoms with Gasteiger partial charge < -0.3 is 29.6 Å². The number of H-pyrrole nitrogens is 1. The van der Waals surface area contributed by atoms with Crippen molar-refractivity contribution in [2.45, 2.75) is 12.0 Å². The number of carboxylic acid groups (broad SMARTS) is 2. The number of rotatable bonds is 3. The summed E-state index contributed by atoms with van der Waals surface area (Å²) in [6, 6.07) is 6.87. The number of fused-ring (bicyclic) bond motifs is 1. The standard InChI is InChI=1S/C13H10N2O6/c16-12(17)10-9(11(13(18)19)21-15(10)20)7-5-14-8-4-2-1-3-6(7)8/h1-5,9,11,14H,(H,16,17)(H,18,19)/p-2/t9-,11+/m0/s1. The molecular formula is C13H8N2O6-2. The summed E-state index contributed by atoms with van der Waals surface area (Å²) < 4.78 is 0. The lowest BCUT2D eigenvalue weighted by molar-refractivity contribution is -0.738. The molecule has 1 N–H and O–H groups in total. The Morgan fingerprint density at radius 1 is 1.24 bits per heavy atom. The van der Waals surface area contributed by atoms with E-state index in [1.54, 1.807) is 24.3 Å². The van der Waals surface area contributed by atoms with Crippen LogP contribution in [0, 0.1) is 5.21 Å². The molecule has 108 valence electrons. The van der Waals surface area contributed by atoms with Crippen molar-refractivity contribution in [2.75, 3.05) is 0 Å². The van der Waals surface area contributed by atoms with Crippen molar-refractivity contribution in [1.82, 2.24) is 4.98 Å². The molecule has 0 saturated carbocycles. The van der Waals surface area contributed by atoms with Crippen molar-refractivity contribution in [3.05, 3.63) is 41.2 Å². The molecule has 1 aromatic heterocycles. The summed E-state index contributed by atoms with van der Waals surface area (Å²) >= 11 is 0. The normalized spacial score (nSPS) is 21.5. The first-order chi connectivity index (χ1) is 10.0. The molecule has 0 aliphatic carbocycles. The molecule has 0 radical (unpaired) electrons. The smallest absolute Gasteiger partial charge is 0.276 e. The van der Waals surface area contributed by atoms with Gasteiger partial charge in [-0.1, -0.05) is 18.2 Å². The zero-order chi connectivity index (χ0) is 15.1. The van der Waals surface area contributed by atoms with E-state index < -0.39 is 29.7 Å². The number of aromatic amines is 1. The molecule has 8 nitrogen and oxygen atoms in total. The molecule has 2 aromatic rings. The molecular weight excluding hydrogens is 280 g/mol. The zero-order valence-corrected chi connectivity index (χ0v) is 10.4. The number of benzene rings is 1. The molecule has 1 aromatic carbocycles. The summed E-state index contributed by atoms with van der Waals surface area (Å²) in [5.74, 6) is -4.78. The molecule has 0 spiro atoms. The first kappa shape index (κ1) is 13.0. The van der Waals surface area contributed by atoms with E-state index in [2.05, 4.69) is 9.82 Å². The largest absolute Gasteiger partial charge is 0.549 e. The van der Waals surface area contributed by atoms with Crippen molar-refractivity contribution < 1.29 is 29.5 Å². The first-order valence-electron chi connectivity index (χ1n) is 6.00. The predicted molar refractivity (Wildman–Crippen MR) is 64.6 cm³/mol. The van der Waals surface area contributed by atoms with Gasteiger partial charge in [0.25, 0.3) is 5.71 Å². The van der Waals surface area contributed by atoms with Crippen LogP contribution in [0.2, 0.25) is 0 Å². The molecule has 0 fully saturated rings. The van der Waals surface area contributed by atoms with E-state index in [9.17, 15) is 25.0 Å². The van der Waals surface area contributed by atoms with Crippen LogP contribution in [-0.4, -0.2) is 33.6 Å². The average Bonchev–Trinajstić information content (AvgIpc) is 2.99. The van der Waals surface area contributed by atoms with Gasteiger partial charge in [-0.25, -0.2) is 0 Å². The summed E-state index contributed by atoms with van der Waals surface area (Å²) in [5, 5.41) is 34.3. The second-order valence-electron chi connectivity index (χ2n) is 4.54. The third-order valence-corrected chi connectivity index (χ3v) is 3.40. The summed E-state index contributed by atoms with van der Waals surface area (Å²) in [7, 11) is 0. The summed E-state index contributed by atoms with van der Waals surface area (Å²) in [5.41, 5.74) is 0.193. The Morgan fingerprint density at radius 3 is 2.62 bits per heavy atom. The maximum atomic E-state index is 11.5. The van der Waals surface area contributed by atoms with Crippen molar-refractivity contribution >= 4 is 28.6 Å². The number of aromatic nitrogens is 1. The molecule has 2 atom stereocenters. The molecule has 1 aliphatic rings. The molecule has 2 heterocycles. The van der Waals surface area contributed by atoms with Gasteiger partial charge in [0.1, 0.15) is 18.0 Å². The van der Waals surface area contributed by atoms with Gasteiger partial charge in [0, 0.05) is 22.0 Å². The van der Waals surface area contributed by atoms with Crippen molar-refractivity contribution in [3.8, 4) is 0 Å². The van der Waals surface area contributed by atoms with E-state index in [0.717, 1.165) is 0 Å². The maximum absolute atomic E-state index is 11.5. The van der Waals surface area contributed by atoms with Crippen molar-refractivity contribution in [2.24, 2.45) is 0 Å². The van der Waals surface area contributed by atoms with Gasteiger partial charge in [0.15, 0.2) is 0 Å². The number of carbonyl (C=O) groups excluding carboxylic acids is 2. The van der Waals surface area contributed by atoms with Crippen LogP contribution in [0.25, 0.3) is 10.9 Å². The van der Waals surface area contributed by atoms with Crippen LogP contribution in [0.5, 0.6) is 0 Å². The third-order valence-electron chi connectivity index (χ3n) is 3.40. The molecule has 0 saturated heterocycles. The minimum Gasteiger partial charge on any atom is -0.549 e. The van der Waals surface area contributed by atoms with Crippen LogP contribution < -0.4 is 10.2 Å². The van der Waals surface area contributed by atoms with Gasteiger partial charge in [-0.2, -0.15) is 0 Å². The minimum absolute atomic E-state index is 0.317. The summed E-state index contributed by atoms with van der Waals surface area (Å²) in [6.45, 7) is 0. The predicted octanol–water partition coefficient (Wildman–Crippen LogP) is -1.98. The number of carboxylic acids is 2. The molecule has 1 aliphatic heterocycles. The number of nitrogens with zero attached hydrogens (tertiary/aromatic N) is 1. The monoisotopic (exact) mass is 288 g/mol. The molecule has 3 rings (SSSR count). The van der Waals surface area contributed by atoms with Gasteiger partial charge in [-0.05, 0) is 11.6 Å².